The van der Waals surface area contributed by atoms with E-state index in [1.807, 2.05) is 60.7 Å². The highest BCUT2D eigenvalue weighted by Crippen LogP contribution is 2.63. The number of benzene rings is 9. The molecule has 3 nitrogen and oxygen atoms in total. The standard InChI is InChI=1S/C53H34NO2P/c55-57(37-16-3-1-4-17-37,38-18-5-2-6-19-38)39-30-28-36(29-31-39)54-50-40-20-8-7-15-35(40)27-32-43(50)44-33-34-48-52(51(44)54)56-49-26-14-13-25-47(49)53(48)45-23-11-9-21-41(45)42-22-10-12-24-46(42)53/h1-34H. The van der Waals surface area contributed by atoms with Crippen molar-refractivity contribution in [2.45, 2.75) is 5.41 Å². The number of ether oxygens (including phenoxy) is 1. The third kappa shape index (κ3) is 4.30. The fourth-order valence-electron chi connectivity index (χ4n) is 9.96. The molecule has 0 radical (unpaired) electrons. The Labute approximate surface area is 330 Å². The molecule has 0 saturated carbocycles. The summed E-state index contributed by atoms with van der Waals surface area (Å²) >= 11 is 0. The second-order valence-corrected chi connectivity index (χ2v) is 17.9. The molecule has 0 amide bonds. The SMILES string of the molecule is O=P(c1ccccc1)(c1ccccc1)c1ccc(-n2c3c4c(ccc3c3ccc5ccccc5c32)C2(c3ccccc3O4)c3ccccc3-c3ccccc32)cc1. The monoisotopic (exact) mass is 747 g/mol. The van der Waals surface area contributed by atoms with E-state index < -0.39 is 12.6 Å². The first-order valence-corrected chi connectivity index (χ1v) is 21.2. The van der Waals surface area contributed by atoms with Crippen LogP contribution in [0.25, 0.3) is 49.4 Å². The Bertz CT molecular complexity index is 3200. The Kier molecular flexibility index (Phi) is 6.82. The normalized spacial score (nSPS) is 13.6. The summed E-state index contributed by atoms with van der Waals surface area (Å²) in [5.74, 6) is 1.70. The lowest BCUT2D eigenvalue weighted by molar-refractivity contribution is 0.440. The molecule has 1 aromatic heterocycles. The van der Waals surface area contributed by atoms with Crippen LogP contribution in [0.2, 0.25) is 0 Å². The number of hydrogen-bond donors (Lipinski definition) is 0. The topological polar surface area (TPSA) is 31.2 Å². The second-order valence-electron chi connectivity index (χ2n) is 15.1. The molecule has 268 valence electrons. The van der Waals surface area contributed by atoms with Gasteiger partial charge in [0.15, 0.2) is 12.9 Å². The molecule has 0 fully saturated rings. The van der Waals surface area contributed by atoms with Crippen LogP contribution in [0, 0.1) is 0 Å². The van der Waals surface area contributed by atoms with Crippen molar-refractivity contribution in [3.63, 3.8) is 0 Å². The third-order valence-electron chi connectivity index (χ3n) is 12.3. The van der Waals surface area contributed by atoms with Gasteiger partial charge in [0.05, 0.1) is 16.4 Å². The minimum atomic E-state index is -3.18. The number of rotatable bonds is 4. The summed E-state index contributed by atoms with van der Waals surface area (Å²) in [6, 6.07) is 72.2. The zero-order valence-electron chi connectivity index (χ0n) is 30.8. The molecule has 1 aliphatic heterocycles. The van der Waals surface area contributed by atoms with Crippen LogP contribution in [-0.2, 0) is 9.98 Å². The molecule has 0 unspecified atom stereocenters. The highest BCUT2D eigenvalue weighted by Gasteiger charge is 2.51. The average molecular weight is 748 g/mol. The number of nitrogens with zero attached hydrogens (tertiary/aromatic N) is 1. The molecule has 4 heteroatoms. The lowest BCUT2D eigenvalue weighted by Gasteiger charge is -2.39. The molecule has 0 saturated heterocycles. The molecule has 9 aromatic carbocycles. The number of hydrogen-bond acceptors (Lipinski definition) is 2. The van der Waals surface area contributed by atoms with Crippen LogP contribution in [0.1, 0.15) is 22.3 Å². The second kappa shape index (κ2) is 12.0. The Balaban J connectivity index is 1.18. The maximum Gasteiger partial charge on any atom is 0.171 e. The smallest absolute Gasteiger partial charge is 0.171 e. The molecule has 2 heterocycles. The van der Waals surface area contributed by atoms with Crippen molar-refractivity contribution in [2.75, 3.05) is 0 Å². The minimum Gasteiger partial charge on any atom is -0.454 e. The molecule has 0 N–H and O–H groups in total. The summed E-state index contributed by atoms with van der Waals surface area (Å²) in [7, 11) is -3.18. The van der Waals surface area contributed by atoms with Gasteiger partial charge in [0.1, 0.15) is 5.75 Å². The van der Waals surface area contributed by atoms with E-state index in [-0.39, 0.29) is 0 Å². The lowest BCUT2D eigenvalue weighted by Crippen LogP contribution is -2.32. The first-order valence-electron chi connectivity index (χ1n) is 19.5. The molecule has 12 rings (SSSR count). The van der Waals surface area contributed by atoms with E-state index in [4.69, 9.17) is 4.74 Å². The van der Waals surface area contributed by atoms with Gasteiger partial charge in [-0.1, -0.05) is 176 Å². The molecular formula is C53H34NO2P. The van der Waals surface area contributed by atoms with Crippen molar-refractivity contribution < 1.29 is 9.30 Å². The number of para-hydroxylation sites is 1. The van der Waals surface area contributed by atoms with Gasteiger partial charge in [-0.25, -0.2) is 0 Å². The summed E-state index contributed by atoms with van der Waals surface area (Å²) < 4.78 is 25.1. The number of aromatic nitrogens is 1. The van der Waals surface area contributed by atoms with E-state index in [0.717, 1.165) is 71.4 Å². The Morgan fingerprint density at radius 1 is 0.404 bits per heavy atom. The zero-order chi connectivity index (χ0) is 37.7. The Hall–Kier alpha value is -6.93. The summed E-state index contributed by atoms with van der Waals surface area (Å²) in [5.41, 5.74) is 9.79. The maximum absolute atomic E-state index is 15.4. The summed E-state index contributed by atoms with van der Waals surface area (Å²) in [6.07, 6.45) is 0. The van der Waals surface area contributed by atoms with Crippen molar-refractivity contribution in [3.8, 4) is 28.3 Å². The Morgan fingerprint density at radius 2 is 0.930 bits per heavy atom. The number of fused-ring (bicyclic) bond motifs is 15. The third-order valence-corrected chi connectivity index (χ3v) is 15.4. The molecule has 10 aromatic rings. The van der Waals surface area contributed by atoms with Gasteiger partial charge in [0, 0.05) is 48.9 Å². The van der Waals surface area contributed by atoms with E-state index in [9.17, 15) is 0 Å². The molecule has 2 aliphatic rings. The van der Waals surface area contributed by atoms with Crippen molar-refractivity contribution in [1.82, 2.24) is 4.57 Å². The largest absolute Gasteiger partial charge is 0.454 e. The van der Waals surface area contributed by atoms with Gasteiger partial charge in [-0.15, -0.1) is 0 Å². The summed E-state index contributed by atoms with van der Waals surface area (Å²) in [4.78, 5) is 0. The summed E-state index contributed by atoms with van der Waals surface area (Å²) in [6.45, 7) is 0. The fourth-order valence-corrected chi connectivity index (χ4v) is 12.6. The van der Waals surface area contributed by atoms with E-state index >= 15 is 4.57 Å². The van der Waals surface area contributed by atoms with E-state index in [0.29, 0.717) is 0 Å². The van der Waals surface area contributed by atoms with Crippen molar-refractivity contribution >= 4 is 55.6 Å². The van der Waals surface area contributed by atoms with E-state index in [1.165, 1.54) is 27.6 Å². The molecule has 0 atom stereocenters. The molecule has 57 heavy (non-hydrogen) atoms. The summed E-state index contributed by atoms with van der Waals surface area (Å²) in [5, 5.41) is 7.01. The molecular weight excluding hydrogens is 714 g/mol. The predicted molar refractivity (Wildman–Crippen MR) is 235 cm³/mol. The highest BCUT2D eigenvalue weighted by molar-refractivity contribution is 7.85. The molecule has 1 aliphatic carbocycles. The van der Waals surface area contributed by atoms with Gasteiger partial charge >= 0.3 is 0 Å². The fraction of sp³-hybridized carbons (Fsp3) is 0.0189. The van der Waals surface area contributed by atoms with Gasteiger partial charge in [-0.3, -0.25) is 0 Å². The van der Waals surface area contributed by atoms with Crippen molar-refractivity contribution in [1.29, 1.82) is 0 Å². The quantitative estimate of drug-likeness (QED) is 0.168. The van der Waals surface area contributed by atoms with Gasteiger partial charge < -0.3 is 13.9 Å². The zero-order valence-corrected chi connectivity index (χ0v) is 31.7. The van der Waals surface area contributed by atoms with Crippen LogP contribution in [-0.4, -0.2) is 4.57 Å². The Morgan fingerprint density at radius 3 is 1.61 bits per heavy atom. The van der Waals surface area contributed by atoms with Crippen LogP contribution < -0.4 is 20.7 Å². The first kappa shape index (κ1) is 32.3. The molecule has 1 spiro atoms. The predicted octanol–water partition coefficient (Wildman–Crippen LogP) is 12.0. The van der Waals surface area contributed by atoms with Crippen LogP contribution in [0.3, 0.4) is 0 Å². The van der Waals surface area contributed by atoms with Crippen LogP contribution in [0.4, 0.5) is 0 Å². The van der Waals surface area contributed by atoms with Gasteiger partial charge in [0.2, 0.25) is 0 Å². The van der Waals surface area contributed by atoms with Gasteiger partial charge in [-0.05, 0) is 58.0 Å². The highest BCUT2D eigenvalue weighted by atomic mass is 31.2. The maximum atomic E-state index is 15.4. The lowest BCUT2D eigenvalue weighted by atomic mass is 9.66. The van der Waals surface area contributed by atoms with Crippen LogP contribution in [0.15, 0.2) is 206 Å². The average Bonchev–Trinajstić information content (AvgIpc) is 3.79. The van der Waals surface area contributed by atoms with E-state index in [2.05, 4.69) is 150 Å². The first-order chi connectivity index (χ1) is 28.2. The molecule has 0 bridgehead atoms. The van der Waals surface area contributed by atoms with Crippen molar-refractivity contribution in [3.05, 3.63) is 229 Å². The van der Waals surface area contributed by atoms with E-state index in [1.54, 1.807) is 0 Å². The van der Waals surface area contributed by atoms with Gasteiger partial charge in [-0.2, -0.15) is 0 Å². The van der Waals surface area contributed by atoms with Crippen molar-refractivity contribution in [2.24, 2.45) is 0 Å². The minimum absolute atomic E-state index is 0.587. The van der Waals surface area contributed by atoms with Crippen LogP contribution in [0.5, 0.6) is 11.5 Å². The van der Waals surface area contributed by atoms with Crippen LogP contribution >= 0.6 is 7.14 Å². The van der Waals surface area contributed by atoms with Gasteiger partial charge in [0.25, 0.3) is 0 Å².